The number of nitrogens with one attached hydrogen (secondary N) is 1. The number of hydrogen-bond acceptors (Lipinski definition) is 6. The van der Waals surface area contributed by atoms with Crippen molar-refractivity contribution in [3.05, 3.63) is 60.2 Å². The molecule has 0 bridgehead atoms. The number of aromatic nitrogens is 3. The maximum absolute atomic E-state index is 13.6. The zero-order chi connectivity index (χ0) is 17.8. The maximum Gasteiger partial charge on any atom is 0.251 e. The van der Waals surface area contributed by atoms with Crippen LogP contribution in [0.3, 0.4) is 0 Å². The number of rotatable bonds is 5. The molecule has 7 nitrogen and oxygen atoms in total. The molecular formula is C17H14FN5O2. The molecule has 25 heavy (non-hydrogen) atoms. The molecule has 8 heteroatoms. The van der Waals surface area contributed by atoms with Gasteiger partial charge >= 0.3 is 0 Å². The normalized spacial score (nSPS) is 10.3. The number of anilines is 1. The van der Waals surface area contributed by atoms with E-state index >= 15 is 0 Å². The third kappa shape index (κ3) is 3.52. The summed E-state index contributed by atoms with van der Waals surface area (Å²) in [5, 5.41) is 2.86. The second-order valence-electron chi connectivity index (χ2n) is 4.98. The Hall–Kier alpha value is -3.55. The van der Waals surface area contributed by atoms with Gasteiger partial charge in [0.05, 0.1) is 16.8 Å². The SMILES string of the molecule is CNc1nccc(-c2cccnc2Oc2ccc(F)c(C(N)=O)c2)n1. The van der Waals surface area contributed by atoms with Crippen molar-refractivity contribution in [2.75, 3.05) is 12.4 Å². The topological polar surface area (TPSA) is 103 Å². The molecule has 1 amide bonds. The molecule has 3 N–H and O–H groups in total. The van der Waals surface area contributed by atoms with Crippen LogP contribution in [0.5, 0.6) is 11.6 Å². The van der Waals surface area contributed by atoms with Gasteiger partial charge in [0.15, 0.2) is 0 Å². The van der Waals surface area contributed by atoms with Gasteiger partial charge < -0.3 is 15.8 Å². The summed E-state index contributed by atoms with van der Waals surface area (Å²) >= 11 is 0. The van der Waals surface area contributed by atoms with Gasteiger partial charge in [-0.3, -0.25) is 4.79 Å². The highest BCUT2D eigenvalue weighted by molar-refractivity contribution is 5.93. The van der Waals surface area contributed by atoms with E-state index in [9.17, 15) is 9.18 Å². The van der Waals surface area contributed by atoms with Gasteiger partial charge in [0.1, 0.15) is 11.6 Å². The van der Waals surface area contributed by atoms with E-state index in [2.05, 4.69) is 20.3 Å². The Kier molecular flexibility index (Phi) is 4.51. The van der Waals surface area contributed by atoms with E-state index in [0.717, 1.165) is 6.07 Å². The molecule has 126 valence electrons. The number of primary amides is 1. The lowest BCUT2D eigenvalue weighted by Gasteiger charge is -2.11. The van der Waals surface area contributed by atoms with Gasteiger partial charge in [-0.05, 0) is 36.4 Å². The minimum atomic E-state index is -0.876. The van der Waals surface area contributed by atoms with Crippen LogP contribution in [0.2, 0.25) is 0 Å². The lowest BCUT2D eigenvalue weighted by molar-refractivity contribution is 0.0996. The van der Waals surface area contributed by atoms with Gasteiger partial charge in [-0.2, -0.15) is 0 Å². The smallest absolute Gasteiger partial charge is 0.251 e. The molecule has 0 saturated carbocycles. The highest BCUT2D eigenvalue weighted by atomic mass is 19.1. The first-order chi connectivity index (χ1) is 12.1. The van der Waals surface area contributed by atoms with Gasteiger partial charge in [0.2, 0.25) is 11.8 Å². The molecule has 3 rings (SSSR count). The summed E-state index contributed by atoms with van der Waals surface area (Å²) in [7, 11) is 1.71. The fourth-order valence-corrected chi connectivity index (χ4v) is 2.16. The van der Waals surface area contributed by atoms with Crippen LogP contribution in [-0.4, -0.2) is 27.9 Å². The highest BCUT2D eigenvalue weighted by Gasteiger charge is 2.14. The van der Waals surface area contributed by atoms with Gasteiger partial charge in [-0.25, -0.2) is 19.3 Å². The predicted octanol–water partition coefficient (Wildman–Crippen LogP) is 2.61. The highest BCUT2D eigenvalue weighted by Crippen LogP contribution is 2.31. The summed E-state index contributed by atoms with van der Waals surface area (Å²) in [6, 6.07) is 8.96. The molecule has 0 saturated heterocycles. The van der Waals surface area contributed by atoms with Crippen LogP contribution in [0.1, 0.15) is 10.4 Å². The van der Waals surface area contributed by atoms with Crippen LogP contribution in [0.15, 0.2) is 48.8 Å². The molecule has 0 unspecified atom stereocenters. The Morgan fingerprint density at radius 3 is 2.80 bits per heavy atom. The average molecular weight is 339 g/mol. The van der Waals surface area contributed by atoms with E-state index in [1.54, 1.807) is 37.6 Å². The number of hydrogen-bond donors (Lipinski definition) is 2. The monoisotopic (exact) mass is 339 g/mol. The van der Waals surface area contributed by atoms with Gasteiger partial charge in [0, 0.05) is 19.4 Å². The van der Waals surface area contributed by atoms with E-state index < -0.39 is 11.7 Å². The van der Waals surface area contributed by atoms with Crippen molar-refractivity contribution in [2.45, 2.75) is 0 Å². The van der Waals surface area contributed by atoms with E-state index in [0.29, 0.717) is 17.2 Å². The fraction of sp³-hybridized carbons (Fsp3) is 0.0588. The molecule has 0 aliphatic heterocycles. The Morgan fingerprint density at radius 1 is 1.20 bits per heavy atom. The van der Waals surface area contributed by atoms with Crippen molar-refractivity contribution in [1.82, 2.24) is 15.0 Å². The quantitative estimate of drug-likeness (QED) is 0.740. The summed E-state index contributed by atoms with van der Waals surface area (Å²) in [4.78, 5) is 23.9. The Bertz CT molecular complexity index is 932. The molecule has 2 heterocycles. The zero-order valence-electron chi connectivity index (χ0n) is 13.2. The number of nitrogens with zero attached hydrogens (tertiary/aromatic N) is 3. The summed E-state index contributed by atoms with van der Waals surface area (Å²) in [6.07, 6.45) is 3.16. The second kappa shape index (κ2) is 6.91. The van der Waals surface area contributed by atoms with E-state index in [4.69, 9.17) is 10.5 Å². The number of carbonyl (C=O) groups is 1. The first kappa shape index (κ1) is 16.3. The average Bonchev–Trinajstić information content (AvgIpc) is 2.63. The molecule has 0 atom stereocenters. The number of benzene rings is 1. The summed E-state index contributed by atoms with van der Waals surface area (Å²) < 4.78 is 19.3. The van der Waals surface area contributed by atoms with Crippen LogP contribution in [0.4, 0.5) is 10.3 Å². The van der Waals surface area contributed by atoms with Crippen LogP contribution in [-0.2, 0) is 0 Å². The Balaban J connectivity index is 1.99. The number of amides is 1. The van der Waals surface area contributed by atoms with Crippen molar-refractivity contribution in [2.24, 2.45) is 5.73 Å². The first-order valence-corrected chi connectivity index (χ1v) is 7.32. The standard InChI is InChI=1S/C17H14FN5O2/c1-20-17-22-8-6-14(23-17)11-3-2-7-21-16(11)25-10-4-5-13(18)12(9-10)15(19)24/h2-9H,1H3,(H2,19,24)(H,20,22,23). The second-order valence-corrected chi connectivity index (χ2v) is 4.98. The van der Waals surface area contributed by atoms with Crippen LogP contribution in [0.25, 0.3) is 11.3 Å². The molecular weight excluding hydrogens is 325 g/mol. The molecule has 3 aromatic rings. The minimum Gasteiger partial charge on any atom is -0.438 e. The van der Waals surface area contributed by atoms with Crippen molar-refractivity contribution in [3.63, 3.8) is 0 Å². The molecule has 0 radical (unpaired) electrons. The van der Waals surface area contributed by atoms with Gasteiger partial charge in [-0.15, -0.1) is 0 Å². The number of halogens is 1. The van der Waals surface area contributed by atoms with Crippen molar-refractivity contribution in [1.29, 1.82) is 0 Å². The minimum absolute atomic E-state index is 0.234. The Labute approximate surface area is 142 Å². The third-order valence-electron chi connectivity index (χ3n) is 3.34. The van der Waals surface area contributed by atoms with Crippen molar-refractivity contribution >= 4 is 11.9 Å². The van der Waals surface area contributed by atoms with Crippen LogP contribution in [0, 0.1) is 5.82 Å². The van der Waals surface area contributed by atoms with Gasteiger partial charge in [0.25, 0.3) is 5.91 Å². The number of nitrogens with two attached hydrogens (primary N) is 1. The maximum atomic E-state index is 13.6. The molecule has 0 aliphatic rings. The molecule has 0 aliphatic carbocycles. The summed E-state index contributed by atoms with van der Waals surface area (Å²) in [6.45, 7) is 0. The van der Waals surface area contributed by atoms with Crippen molar-refractivity contribution in [3.8, 4) is 22.9 Å². The first-order valence-electron chi connectivity index (χ1n) is 7.32. The van der Waals surface area contributed by atoms with E-state index in [1.807, 2.05) is 0 Å². The summed E-state index contributed by atoms with van der Waals surface area (Å²) in [5.41, 5.74) is 6.11. The van der Waals surface area contributed by atoms with E-state index in [-0.39, 0.29) is 17.2 Å². The summed E-state index contributed by atoms with van der Waals surface area (Å²) in [5.74, 6) is -0.650. The molecule has 1 aromatic carbocycles. The lowest BCUT2D eigenvalue weighted by atomic mass is 10.2. The Morgan fingerprint density at radius 2 is 2.04 bits per heavy atom. The zero-order valence-corrected chi connectivity index (χ0v) is 13.2. The van der Waals surface area contributed by atoms with Gasteiger partial charge in [-0.1, -0.05) is 0 Å². The van der Waals surface area contributed by atoms with Crippen molar-refractivity contribution < 1.29 is 13.9 Å². The number of ether oxygens (including phenoxy) is 1. The molecule has 2 aromatic heterocycles. The lowest BCUT2D eigenvalue weighted by Crippen LogP contribution is -2.13. The number of carbonyl (C=O) groups excluding carboxylic acids is 1. The third-order valence-corrected chi connectivity index (χ3v) is 3.34. The van der Waals surface area contributed by atoms with Crippen LogP contribution >= 0.6 is 0 Å². The van der Waals surface area contributed by atoms with Crippen LogP contribution < -0.4 is 15.8 Å². The largest absolute Gasteiger partial charge is 0.438 e. The molecule has 0 spiro atoms. The van der Waals surface area contributed by atoms with E-state index in [1.165, 1.54) is 12.1 Å². The fourth-order valence-electron chi connectivity index (χ4n) is 2.16. The predicted molar refractivity (Wildman–Crippen MR) is 89.8 cm³/mol. The number of pyridine rings is 1. The molecule has 0 fully saturated rings.